The molecule has 0 aromatic heterocycles. The van der Waals surface area contributed by atoms with Crippen molar-refractivity contribution < 1.29 is 4.74 Å². The second-order valence-electron chi connectivity index (χ2n) is 4.42. The first-order valence-electron chi connectivity index (χ1n) is 5.80. The number of nitrogens with two attached hydrogens (primary N) is 1. The fourth-order valence-corrected chi connectivity index (χ4v) is 2.18. The van der Waals surface area contributed by atoms with Crippen LogP contribution in [0.25, 0.3) is 0 Å². The summed E-state index contributed by atoms with van der Waals surface area (Å²) in [6, 6.07) is 11.6. The Bertz CT molecular complexity index is 543. The van der Waals surface area contributed by atoms with E-state index in [-0.39, 0.29) is 0 Å². The number of hydrogen-bond acceptors (Lipinski definition) is 2. The van der Waals surface area contributed by atoms with E-state index in [0.717, 1.165) is 22.4 Å². The van der Waals surface area contributed by atoms with E-state index in [1.807, 2.05) is 44.2 Å². The summed E-state index contributed by atoms with van der Waals surface area (Å²) in [6.07, 6.45) is 0. The van der Waals surface area contributed by atoms with E-state index in [4.69, 9.17) is 22.1 Å². The molecule has 0 bridgehead atoms. The fraction of sp³-hybridized carbons (Fsp3) is 0.200. The molecule has 0 radical (unpaired) electrons. The molecule has 2 aromatic carbocycles. The molecule has 18 heavy (non-hydrogen) atoms. The van der Waals surface area contributed by atoms with E-state index in [0.29, 0.717) is 17.3 Å². The number of anilines is 1. The molecule has 2 N–H and O–H groups in total. The number of hydrogen-bond donors (Lipinski definition) is 1. The van der Waals surface area contributed by atoms with Gasteiger partial charge in [-0.2, -0.15) is 0 Å². The molecule has 0 amide bonds. The second kappa shape index (κ2) is 5.32. The van der Waals surface area contributed by atoms with Gasteiger partial charge in [0.2, 0.25) is 0 Å². The maximum Gasteiger partial charge on any atom is 0.145 e. The highest BCUT2D eigenvalue weighted by atomic mass is 35.5. The third-order valence-corrected chi connectivity index (χ3v) is 2.95. The van der Waals surface area contributed by atoms with E-state index >= 15 is 0 Å². The molecule has 0 aliphatic carbocycles. The average Bonchev–Trinajstić information content (AvgIpc) is 2.27. The first kappa shape index (κ1) is 12.8. The van der Waals surface area contributed by atoms with Crippen molar-refractivity contribution in [2.75, 3.05) is 5.73 Å². The quantitative estimate of drug-likeness (QED) is 0.844. The molecule has 0 fully saturated rings. The van der Waals surface area contributed by atoms with Crippen LogP contribution in [-0.2, 0) is 6.61 Å². The van der Waals surface area contributed by atoms with Crippen LogP contribution < -0.4 is 10.5 Å². The topological polar surface area (TPSA) is 35.2 Å². The SMILES string of the molecule is Cc1cc(C)c(OCc2cccc(Cl)c2)c(N)c1. The summed E-state index contributed by atoms with van der Waals surface area (Å²) in [5.74, 6) is 0.751. The van der Waals surface area contributed by atoms with E-state index in [9.17, 15) is 0 Å². The molecule has 2 aromatic rings. The number of ether oxygens (including phenoxy) is 1. The van der Waals surface area contributed by atoms with Crippen LogP contribution in [0, 0.1) is 13.8 Å². The predicted molar refractivity (Wildman–Crippen MR) is 76.1 cm³/mol. The first-order chi connectivity index (χ1) is 8.56. The minimum absolute atomic E-state index is 0.467. The molecule has 0 spiro atoms. The van der Waals surface area contributed by atoms with Crippen LogP contribution in [0.3, 0.4) is 0 Å². The largest absolute Gasteiger partial charge is 0.486 e. The van der Waals surface area contributed by atoms with Crippen molar-refractivity contribution in [3.63, 3.8) is 0 Å². The normalized spacial score (nSPS) is 10.4. The first-order valence-corrected chi connectivity index (χ1v) is 6.18. The highest BCUT2D eigenvalue weighted by Crippen LogP contribution is 2.28. The summed E-state index contributed by atoms with van der Waals surface area (Å²) in [4.78, 5) is 0. The Kier molecular flexibility index (Phi) is 3.78. The van der Waals surface area contributed by atoms with Gasteiger partial charge >= 0.3 is 0 Å². The van der Waals surface area contributed by atoms with E-state index in [1.165, 1.54) is 0 Å². The van der Waals surface area contributed by atoms with Crippen LogP contribution in [0.15, 0.2) is 36.4 Å². The van der Waals surface area contributed by atoms with Crippen LogP contribution in [0.1, 0.15) is 16.7 Å². The van der Waals surface area contributed by atoms with Crippen LogP contribution in [0.5, 0.6) is 5.75 Å². The zero-order valence-electron chi connectivity index (χ0n) is 10.5. The molecule has 0 heterocycles. The standard InChI is InChI=1S/C15H16ClNO/c1-10-6-11(2)15(14(17)7-10)18-9-12-4-3-5-13(16)8-12/h3-8H,9,17H2,1-2H3. The molecule has 0 atom stereocenters. The van der Waals surface area contributed by atoms with E-state index < -0.39 is 0 Å². The third-order valence-electron chi connectivity index (χ3n) is 2.72. The fourth-order valence-electron chi connectivity index (χ4n) is 1.97. The van der Waals surface area contributed by atoms with Crippen molar-refractivity contribution in [3.05, 3.63) is 58.1 Å². The molecule has 2 rings (SSSR count). The molecular formula is C15H16ClNO. The summed E-state index contributed by atoms with van der Waals surface area (Å²) in [7, 11) is 0. The lowest BCUT2D eigenvalue weighted by atomic mass is 10.1. The van der Waals surface area contributed by atoms with Crippen molar-refractivity contribution in [1.82, 2.24) is 0 Å². The van der Waals surface area contributed by atoms with Gasteiger partial charge in [0, 0.05) is 5.02 Å². The van der Waals surface area contributed by atoms with Crippen molar-refractivity contribution in [2.24, 2.45) is 0 Å². The average molecular weight is 262 g/mol. The molecule has 0 unspecified atom stereocenters. The Balaban J connectivity index is 2.16. The summed E-state index contributed by atoms with van der Waals surface area (Å²) in [5.41, 5.74) is 9.86. The van der Waals surface area contributed by atoms with Gasteiger partial charge in [-0.05, 0) is 48.7 Å². The van der Waals surface area contributed by atoms with Gasteiger partial charge < -0.3 is 10.5 Å². The van der Waals surface area contributed by atoms with Gasteiger partial charge in [0.05, 0.1) is 5.69 Å². The van der Waals surface area contributed by atoms with Crippen molar-refractivity contribution in [2.45, 2.75) is 20.5 Å². The highest BCUT2D eigenvalue weighted by molar-refractivity contribution is 6.30. The smallest absolute Gasteiger partial charge is 0.145 e. The van der Waals surface area contributed by atoms with Gasteiger partial charge in [-0.15, -0.1) is 0 Å². The summed E-state index contributed by atoms with van der Waals surface area (Å²) >= 11 is 5.93. The molecule has 3 heteroatoms. The number of benzene rings is 2. The maximum absolute atomic E-state index is 5.97. The molecule has 0 saturated heterocycles. The molecule has 2 nitrogen and oxygen atoms in total. The van der Waals surface area contributed by atoms with Crippen LogP contribution >= 0.6 is 11.6 Å². The predicted octanol–water partition coefficient (Wildman–Crippen LogP) is 4.12. The monoisotopic (exact) mass is 261 g/mol. The Labute approximate surface area is 112 Å². The lowest BCUT2D eigenvalue weighted by Crippen LogP contribution is -2.01. The van der Waals surface area contributed by atoms with Crippen LogP contribution in [0.2, 0.25) is 5.02 Å². The van der Waals surface area contributed by atoms with E-state index in [1.54, 1.807) is 0 Å². The summed E-state index contributed by atoms with van der Waals surface area (Å²) in [5, 5.41) is 0.713. The Hall–Kier alpha value is -1.67. The van der Waals surface area contributed by atoms with Crippen molar-refractivity contribution >= 4 is 17.3 Å². The zero-order valence-corrected chi connectivity index (χ0v) is 11.3. The lowest BCUT2D eigenvalue weighted by molar-refractivity contribution is 0.306. The maximum atomic E-state index is 5.97. The van der Waals surface area contributed by atoms with Gasteiger partial charge in [0.15, 0.2) is 0 Å². The molecule has 94 valence electrons. The van der Waals surface area contributed by atoms with Gasteiger partial charge in [-0.25, -0.2) is 0 Å². The summed E-state index contributed by atoms with van der Waals surface area (Å²) in [6.45, 7) is 4.48. The third kappa shape index (κ3) is 2.96. The molecular weight excluding hydrogens is 246 g/mol. The summed E-state index contributed by atoms with van der Waals surface area (Å²) < 4.78 is 5.78. The van der Waals surface area contributed by atoms with Gasteiger partial charge in [0.1, 0.15) is 12.4 Å². The number of halogens is 1. The Morgan fingerprint density at radius 3 is 2.61 bits per heavy atom. The van der Waals surface area contributed by atoms with Crippen LogP contribution in [0.4, 0.5) is 5.69 Å². The van der Waals surface area contributed by atoms with Crippen molar-refractivity contribution in [3.8, 4) is 5.75 Å². The minimum atomic E-state index is 0.467. The molecule has 0 aliphatic heterocycles. The van der Waals surface area contributed by atoms with Gasteiger partial charge in [-0.1, -0.05) is 29.8 Å². The number of rotatable bonds is 3. The van der Waals surface area contributed by atoms with Crippen molar-refractivity contribution in [1.29, 1.82) is 0 Å². The minimum Gasteiger partial charge on any atom is -0.486 e. The molecule has 0 aliphatic rings. The van der Waals surface area contributed by atoms with E-state index in [2.05, 4.69) is 6.07 Å². The van der Waals surface area contributed by atoms with Gasteiger partial charge in [-0.3, -0.25) is 0 Å². The van der Waals surface area contributed by atoms with Gasteiger partial charge in [0.25, 0.3) is 0 Å². The Morgan fingerprint density at radius 1 is 1.17 bits per heavy atom. The Morgan fingerprint density at radius 2 is 1.94 bits per heavy atom. The zero-order chi connectivity index (χ0) is 13.1. The molecule has 0 saturated carbocycles. The number of nitrogen functional groups attached to an aromatic ring is 1. The lowest BCUT2D eigenvalue weighted by Gasteiger charge is -2.13. The second-order valence-corrected chi connectivity index (χ2v) is 4.86. The van der Waals surface area contributed by atoms with Crippen LogP contribution in [-0.4, -0.2) is 0 Å². The highest BCUT2D eigenvalue weighted by Gasteiger charge is 2.06. The number of aryl methyl sites for hydroxylation is 2.